The molecule has 0 saturated carbocycles. The molecule has 1 heterocycles. The predicted octanol–water partition coefficient (Wildman–Crippen LogP) is 6.98. The maximum absolute atomic E-state index is 14.5. The first-order valence-corrected chi connectivity index (χ1v) is 13.5. The fraction of sp³-hybridized carbons (Fsp3) is 0.345. The number of carboxylic acid groups (broad SMARTS) is 1. The second kappa shape index (κ2) is 14.5. The predicted molar refractivity (Wildman–Crippen MR) is 148 cm³/mol. The van der Waals surface area contributed by atoms with E-state index < -0.39 is 29.1 Å². The first-order valence-electron chi connectivity index (χ1n) is 12.7. The number of anilines is 1. The molecule has 0 unspecified atom stereocenters. The zero-order chi connectivity index (χ0) is 28.4. The van der Waals surface area contributed by atoms with Crippen molar-refractivity contribution < 1.29 is 33.0 Å². The van der Waals surface area contributed by atoms with Gasteiger partial charge in [-0.05, 0) is 49.6 Å². The summed E-state index contributed by atoms with van der Waals surface area (Å²) in [5.74, 6) is -3.49. The van der Waals surface area contributed by atoms with Crippen LogP contribution in [0.4, 0.5) is 13.9 Å². The van der Waals surface area contributed by atoms with Crippen molar-refractivity contribution >= 4 is 34.4 Å². The highest BCUT2D eigenvalue weighted by Gasteiger charge is 2.18. The summed E-state index contributed by atoms with van der Waals surface area (Å²) in [7, 11) is 1.59. The van der Waals surface area contributed by atoms with Crippen LogP contribution < -0.4 is 10.1 Å². The summed E-state index contributed by atoms with van der Waals surface area (Å²) < 4.78 is 40.4. The van der Waals surface area contributed by atoms with Gasteiger partial charge in [0, 0.05) is 34.3 Å². The van der Waals surface area contributed by atoms with E-state index in [9.17, 15) is 18.4 Å². The molecular weight excluding hydrogens is 526 g/mol. The standard InChI is InChI=1S/C29H32F2N2O5S/c1-4-5-6-7-12-38-13-11-19-9-8-10-21(26(19)37-3)25-17-39-29(32-25)33-27(34)20-15-23(30)22(24(31)16-20)14-18(2)28(35)36/h8-10,14-17H,4-7,11-13H2,1-3H3,(H,35,36)(H,32,33,34). The molecule has 0 radical (unpaired) electrons. The third-order valence-electron chi connectivity index (χ3n) is 6.00. The van der Waals surface area contributed by atoms with Crippen molar-refractivity contribution in [2.24, 2.45) is 0 Å². The molecule has 0 bridgehead atoms. The quantitative estimate of drug-likeness (QED) is 0.164. The minimum Gasteiger partial charge on any atom is -0.496 e. The third kappa shape index (κ3) is 8.18. The molecule has 0 aliphatic carbocycles. The number of carbonyl (C=O) groups excluding carboxylic acids is 1. The highest BCUT2D eigenvalue weighted by Crippen LogP contribution is 2.35. The van der Waals surface area contributed by atoms with Gasteiger partial charge in [0.1, 0.15) is 17.4 Å². The van der Waals surface area contributed by atoms with Crippen LogP contribution >= 0.6 is 11.3 Å². The molecule has 0 aliphatic rings. The molecule has 2 N–H and O–H groups in total. The van der Waals surface area contributed by atoms with Gasteiger partial charge in [0.2, 0.25) is 0 Å². The summed E-state index contributed by atoms with van der Waals surface area (Å²) in [6.45, 7) is 4.69. The Labute approximate surface area is 230 Å². The number of para-hydroxylation sites is 1. The molecule has 7 nitrogen and oxygen atoms in total. The number of nitrogens with one attached hydrogen (secondary N) is 1. The number of aliphatic carboxylic acids is 1. The Kier molecular flexibility index (Phi) is 11.1. The fourth-order valence-corrected chi connectivity index (χ4v) is 4.60. The Morgan fingerprint density at radius 3 is 2.54 bits per heavy atom. The number of halogens is 2. The Morgan fingerprint density at radius 1 is 1.13 bits per heavy atom. The molecule has 1 aromatic heterocycles. The SMILES string of the molecule is CCCCCCOCCc1cccc(-c2csc(NC(=O)c3cc(F)c(C=C(C)C(=O)O)c(F)c3)n2)c1OC. The first kappa shape index (κ1) is 29.9. The summed E-state index contributed by atoms with van der Waals surface area (Å²) in [6.07, 6.45) is 6.15. The third-order valence-corrected chi connectivity index (χ3v) is 6.76. The summed E-state index contributed by atoms with van der Waals surface area (Å²) in [4.78, 5) is 28.1. The van der Waals surface area contributed by atoms with Crippen LogP contribution in [0.15, 0.2) is 41.3 Å². The minimum absolute atomic E-state index is 0.240. The molecule has 3 rings (SSSR count). The van der Waals surface area contributed by atoms with Crippen LogP contribution in [0.25, 0.3) is 17.3 Å². The van der Waals surface area contributed by atoms with E-state index in [-0.39, 0.29) is 16.3 Å². The topological polar surface area (TPSA) is 97.8 Å². The number of unbranched alkanes of at least 4 members (excludes halogenated alkanes) is 3. The van der Waals surface area contributed by atoms with E-state index in [4.69, 9.17) is 14.6 Å². The number of hydrogen-bond acceptors (Lipinski definition) is 6. The highest BCUT2D eigenvalue weighted by atomic mass is 32.1. The normalized spacial score (nSPS) is 11.5. The first-order chi connectivity index (χ1) is 18.7. The Hall–Kier alpha value is -3.63. The zero-order valence-corrected chi connectivity index (χ0v) is 23.0. The average Bonchev–Trinajstić information content (AvgIpc) is 3.37. The second-order valence-corrected chi connectivity index (χ2v) is 9.76. The molecule has 10 heteroatoms. The highest BCUT2D eigenvalue weighted by molar-refractivity contribution is 7.14. The summed E-state index contributed by atoms with van der Waals surface area (Å²) in [6, 6.07) is 7.45. The van der Waals surface area contributed by atoms with Gasteiger partial charge >= 0.3 is 5.97 Å². The number of rotatable bonds is 14. The zero-order valence-electron chi connectivity index (χ0n) is 22.2. The number of hydrogen-bond donors (Lipinski definition) is 2. The van der Waals surface area contributed by atoms with E-state index >= 15 is 0 Å². The number of aromatic nitrogens is 1. The average molecular weight is 559 g/mol. The molecule has 208 valence electrons. The largest absolute Gasteiger partial charge is 0.496 e. The second-order valence-electron chi connectivity index (χ2n) is 8.90. The molecule has 0 saturated heterocycles. The van der Waals surface area contributed by atoms with Crippen LogP contribution in [0.2, 0.25) is 0 Å². The van der Waals surface area contributed by atoms with E-state index in [1.54, 1.807) is 12.5 Å². The van der Waals surface area contributed by atoms with Crippen molar-refractivity contribution in [3.63, 3.8) is 0 Å². The molecule has 0 spiro atoms. The van der Waals surface area contributed by atoms with Gasteiger partial charge in [-0.25, -0.2) is 18.6 Å². The Bertz CT molecular complexity index is 1320. The van der Waals surface area contributed by atoms with E-state index in [1.165, 1.54) is 19.8 Å². The number of carboxylic acids is 1. The Balaban J connectivity index is 1.70. The van der Waals surface area contributed by atoms with Crippen LogP contribution in [0, 0.1) is 11.6 Å². The Morgan fingerprint density at radius 2 is 1.87 bits per heavy atom. The number of carbonyl (C=O) groups is 2. The lowest BCUT2D eigenvalue weighted by Gasteiger charge is -2.13. The van der Waals surface area contributed by atoms with Gasteiger partial charge < -0.3 is 14.6 Å². The minimum atomic E-state index is -1.30. The molecule has 3 aromatic rings. The summed E-state index contributed by atoms with van der Waals surface area (Å²) in [5.41, 5.74) is 1.27. The lowest BCUT2D eigenvalue weighted by atomic mass is 10.0. The molecule has 2 aromatic carbocycles. The van der Waals surface area contributed by atoms with Crippen molar-refractivity contribution in [1.29, 1.82) is 0 Å². The number of amides is 1. The van der Waals surface area contributed by atoms with Crippen LogP contribution in [0.1, 0.15) is 61.0 Å². The number of nitrogens with zero attached hydrogens (tertiary/aromatic N) is 1. The van der Waals surface area contributed by atoms with E-state index in [1.807, 2.05) is 18.2 Å². The summed E-state index contributed by atoms with van der Waals surface area (Å²) >= 11 is 1.16. The number of methoxy groups -OCH3 is 1. The van der Waals surface area contributed by atoms with E-state index in [2.05, 4.69) is 17.2 Å². The van der Waals surface area contributed by atoms with Gasteiger partial charge in [-0.15, -0.1) is 11.3 Å². The van der Waals surface area contributed by atoms with Crippen LogP contribution in [-0.2, 0) is 16.0 Å². The molecular formula is C29H32F2N2O5S. The van der Waals surface area contributed by atoms with Crippen molar-refractivity contribution in [2.75, 3.05) is 25.6 Å². The molecule has 0 fully saturated rings. The fourth-order valence-electron chi connectivity index (χ4n) is 3.90. The molecule has 1 amide bonds. The van der Waals surface area contributed by atoms with Crippen LogP contribution in [0.5, 0.6) is 5.75 Å². The van der Waals surface area contributed by atoms with Crippen LogP contribution in [-0.4, -0.2) is 42.3 Å². The van der Waals surface area contributed by atoms with Gasteiger partial charge in [0.15, 0.2) is 5.13 Å². The lowest BCUT2D eigenvalue weighted by Crippen LogP contribution is -2.13. The maximum Gasteiger partial charge on any atom is 0.331 e. The van der Waals surface area contributed by atoms with Crippen molar-refractivity contribution in [2.45, 2.75) is 46.0 Å². The smallest absolute Gasteiger partial charge is 0.331 e. The van der Waals surface area contributed by atoms with Crippen molar-refractivity contribution in [1.82, 2.24) is 4.98 Å². The molecule has 39 heavy (non-hydrogen) atoms. The van der Waals surface area contributed by atoms with Crippen molar-refractivity contribution in [3.05, 3.63) is 69.6 Å². The van der Waals surface area contributed by atoms with Crippen molar-refractivity contribution in [3.8, 4) is 17.0 Å². The number of ether oxygens (including phenoxy) is 2. The number of benzene rings is 2. The van der Waals surface area contributed by atoms with Gasteiger partial charge in [0.25, 0.3) is 5.91 Å². The van der Waals surface area contributed by atoms with Crippen LogP contribution in [0.3, 0.4) is 0 Å². The summed E-state index contributed by atoms with van der Waals surface area (Å²) in [5, 5.41) is 13.5. The lowest BCUT2D eigenvalue weighted by molar-refractivity contribution is -0.132. The molecule has 0 atom stereocenters. The maximum atomic E-state index is 14.5. The molecule has 0 aliphatic heterocycles. The van der Waals surface area contributed by atoms with E-state index in [0.717, 1.165) is 60.1 Å². The van der Waals surface area contributed by atoms with Gasteiger partial charge in [-0.2, -0.15) is 0 Å². The van der Waals surface area contributed by atoms with Gasteiger partial charge in [-0.1, -0.05) is 38.3 Å². The number of thiazole rings is 1. The monoisotopic (exact) mass is 558 g/mol. The van der Waals surface area contributed by atoms with Gasteiger partial charge in [0.05, 0.1) is 19.4 Å². The van der Waals surface area contributed by atoms with Gasteiger partial charge in [-0.3, -0.25) is 10.1 Å². The van der Waals surface area contributed by atoms with E-state index in [0.29, 0.717) is 24.5 Å².